The molecule has 5 nitrogen and oxygen atoms in total. The largest absolute Gasteiger partial charge is 0.491 e. The van der Waals surface area contributed by atoms with Gasteiger partial charge in [0.2, 0.25) is 0 Å². The van der Waals surface area contributed by atoms with Crippen molar-refractivity contribution in [3.8, 4) is 5.75 Å². The first-order valence-corrected chi connectivity index (χ1v) is 9.11. The van der Waals surface area contributed by atoms with Gasteiger partial charge in [-0.2, -0.15) is 0 Å². The van der Waals surface area contributed by atoms with E-state index in [-0.39, 0.29) is 29.3 Å². The van der Waals surface area contributed by atoms with Gasteiger partial charge in [-0.3, -0.25) is 4.79 Å². The van der Waals surface area contributed by atoms with Crippen LogP contribution in [0, 0.1) is 0 Å². The van der Waals surface area contributed by atoms with Crippen molar-refractivity contribution in [3.05, 3.63) is 29.8 Å². The Morgan fingerprint density at radius 2 is 2.12 bits per heavy atom. The van der Waals surface area contributed by atoms with E-state index in [0.717, 1.165) is 25.9 Å². The maximum atomic E-state index is 12.7. The van der Waals surface area contributed by atoms with E-state index in [1.54, 1.807) is 6.07 Å². The van der Waals surface area contributed by atoms with Crippen LogP contribution in [0.2, 0.25) is 0 Å². The number of carbonyl (C=O) groups excluding carboxylic acids is 1. The molecule has 138 valence electrons. The van der Waals surface area contributed by atoms with Gasteiger partial charge in [0.25, 0.3) is 5.91 Å². The van der Waals surface area contributed by atoms with Crippen LogP contribution in [0.1, 0.15) is 57.3 Å². The van der Waals surface area contributed by atoms with Gasteiger partial charge in [-0.15, -0.1) is 0 Å². The fourth-order valence-electron chi connectivity index (χ4n) is 3.72. The number of rotatable bonds is 5. The molecule has 0 aromatic heterocycles. The van der Waals surface area contributed by atoms with Crippen LogP contribution >= 0.6 is 0 Å². The van der Waals surface area contributed by atoms with Crippen molar-refractivity contribution in [2.75, 3.05) is 13.2 Å². The zero-order valence-corrected chi connectivity index (χ0v) is 15.6. The first-order chi connectivity index (χ1) is 11.8. The molecule has 1 aromatic rings. The van der Waals surface area contributed by atoms with Gasteiger partial charge >= 0.3 is 0 Å². The maximum Gasteiger partial charge on any atom is 0.251 e. The Kier molecular flexibility index (Phi) is 5.07. The molecule has 1 N–H and O–H groups in total. The number of hydrogen-bond donors (Lipinski definition) is 1. The van der Waals surface area contributed by atoms with Crippen molar-refractivity contribution in [2.45, 2.75) is 70.3 Å². The quantitative estimate of drug-likeness (QED) is 0.888. The molecule has 0 aliphatic carbocycles. The van der Waals surface area contributed by atoms with Gasteiger partial charge < -0.3 is 19.5 Å². The SMILES string of the molecule is CC1(C)C[C@@H](NC(=O)c2cccc(OC[C@H]3CCCO3)c2)C(C)(C)O1. The molecule has 1 aromatic carbocycles. The molecule has 2 fully saturated rings. The summed E-state index contributed by atoms with van der Waals surface area (Å²) in [5.74, 6) is 0.604. The van der Waals surface area contributed by atoms with E-state index in [1.165, 1.54) is 0 Å². The van der Waals surface area contributed by atoms with E-state index in [4.69, 9.17) is 14.2 Å². The van der Waals surface area contributed by atoms with Crippen LogP contribution in [-0.2, 0) is 9.47 Å². The third kappa shape index (κ3) is 4.53. The lowest BCUT2D eigenvalue weighted by molar-refractivity contribution is -0.0693. The highest BCUT2D eigenvalue weighted by Crippen LogP contribution is 2.37. The minimum atomic E-state index is -0.382. The number of carbonyl (C=O) groups is 1. The molecule has 1 amide bonds. The van der Waals surface area contributed by atoms with Crippen molar-refractivity contribution < 1.29 is 19.0 Å². The first kappa shape index (κ1) is 18.2. The molecule has 2 atom stereocenters. The summed E-state index contributed by atoms with van der Waals surface area (Å²) in [6, 6.07) is 7.30. The Morgan fingerprint density at radius 1 is 1.32 bits per heavy atom. The molecule has 0 bridgehead atoms. The lowest BCUT2D eigenvalue weighted by Crippen LogP contribution is -2.46. The third-order valence-corrected chi connectivity index (χ3v) is 4.94. The minimum Gasteiger partial charge on any atom is -0.491 e. The molecule has 0 radical (unpaired) electrons. The summed E-state index contributed by atoms with van der Waals surface area (Å²) in [7, 11) is 0. The van der Waals surface area contributed by atoms with Crippen molar-refractivity contribution in [1.29, 1.82) is 0 Å². The third-order valence-electron chi connectivity index (χ3n) is 4.94. The van der Waals surface area contributed by atoms with Gasteiger partial charge in [-0.1, -0.05) is 6.07 Å². The fourth-order valence-corrected chi connectivity index (χ4v) is 3.72. The molecule has 0 spiro atoms. The van der Waals surface area contributed by atoms with Crippen molar-refractivity contribution >= 4 is 5.91 Å². The Hall–Kier alpha value is -1.59. The smallest absolute Gasteiger partial charge is 0.251 e. The lowest BCUT2D eigenvalue weighted by atomic mass is 9.94. The van der Waals surface area contributed by atoms with Gasteiger partial charge in [0.05, 0.1) is 23.3 Å². The Bertz CT molecular complexity index is 620. The molecule has 2 aliphatic rings. The second kappa shape index (κ2) is 6.96. The molecule has 2 aliphatic heterocycles. The van der Waals surface area contributed by atoms with Crippen LogP contribution in [-0.4, -0.2) is 42.5 Å². The highest BCUT2D eigenvalue weighted by molar-refractivity contribution is 5.94. The first-order valence-electron chi connectivity index (χ1n) is 9.11. The van der Waals surface area contributed by atoms with E-state index < -0.39 is 0 Å². The lowest BCUT2D eigenvalue weighted by Gasteiger charge is -2.27. The molecule has 0 unspecified atom stereocenters. The molecule has 0 saturated carbocycles. The summed E-state index contributed by atoms with van der Waals surface area (Å²) in [5.41, 5.74) is -0.00817. The van der Waals surface area contributed by atoms with Crippen molar-refractivity contribution in [1.82, 2.24) is 5.32 Å². The Morgan fingerprint density at radius 3 is 2.76 bits per heavy atom. The van der Waals surface area contributed by atoms with Crippen molar-refractivity contribution in [3.63, 3.8) is 0 Å². The zero-order valence-electron chi connectivity index (χ0n) is 15.6. The highest BCUT2D eigenvalue weighted by Gasteiger charge is 2.46. The van der Waals surface area contributed by atoms with E-state index in [0.29, 0.717) is 17.9 Å². The number of amides is 1. The maximum absolute atomic E-state index is 12.7. The number of benzene rings is 1. The summed E-state index contributed by atoms with van der Waals surface area (Å²) in [6.45, 7) is 9.50. The summed E-state index contributed by atoms with van der Waals surface area (Å²) < 4.78 is 17.4. The minimum absolute atomic E-state index is 0.0218. The number of nitrogens with one attached hydrogen (secondary N) is 1. The second-order valence-corrected chi connectivity index (χ2v) is 8.17. The van der Waals surface area contributed by atoms with E-state index in [2.05, 4.69) is 19.2 Å². The summed E-state index contributed by atoms with van der Waals surface area (Å²) in [6.07, 6.45) is 3.08. The monoisotopic (exact) mass is 347 g/mol. The standard InChI is InChI=1S/C20H29NO4/c1-19(2)12-17(20(3,4)25-19)21-18(22)14-7-5-8-15(11-14)24-13-16-9-6-10-23-16/h5,7-8,11,16-17H,6,9-10,12-13H2,1-4H3,(H,21,22)/t16-,17-/m1/s1. The average molecular weight is 347 g/mol. The molecule has 2 saturated heterocycles. The topological polar surface area (TPSA) is 56.8 Å². The predicted octanol–water partition coefficient (Wildman–Crippen LogP) is 3.32. The van der Waals surface area contributed by atoms with Gasteiger partial charge in [0.1, 0.15) is 12.4 Å². The van der Waals surface area contributed by atoms with E-state index >= 15 is 0 Å². The molecular formula is C20H29NO4. The van der Waals surface area contributed by atoms with Crippen LogP contribution in [0.15, 0.2) is 24.3 Å². The van der Waals surface area contributed by atoms with Crippen LogP contribution in [0.4, 0.5) is 0 Å². The van der Waals surface area contributed by atoms with Crippen LogP contribution in [0.3, 0.4) is 0 Å². The molecule has 5 heteroatoms. The average Bonchev–Trinajstić information content (AvgIpc) is 3.11. The molecule has 25 heavy (non-hydrogen) atoms. The van der Waals surface area contributed by atoms with Gasteiger partial charge in [0.15, 0.2) is 0 Å². The summed E-state index contributed by atoms with van der Waals surface area (Å²) in [4.78, 5) is 12.7. The summed E-state index contributed by atoms with van der Waals surface area (Å²) in [5, 5.41) is 3.12. The van der Waals surface area contributed by atoms with Gasteiger partial charge in [-0.25, -0.2) is 0 Å². The van der Waals surface area contributed by atoms with Crippen molar-refractivity contribution in [2.24, 2.45) is 0 Å². The molecule has 2 heterocycles. The highest BCUT2D eigenvalue weighted by atomic mass is 16.5. The van der Waals surface area contributed by atoms with Crippen LogP contribution in [0.25, 0.3) is 0 Å². The molecule has 3 rings (SSSR count). The predicted molar refractivity (Wildman–Crippen MR) is 96.0 cm³/mol. The molecular weight excluding hydrogens is 318 g/mol. The zero-order chi connectivity index (χ0) is 18.1. The van der Waals surface area contributed by atoms with E-state index in [9.17, 15) is 4.79 Å². The van der Waals surface area contributed by atoms with Gasteiger partial charge in [0, 0.05) is 12.2 Å². The normalized spacial score (nSPS) is 27.2. The summed E-state index contributed by atoms with van der Waals surface area (Å²) >= 11 is 0. The van der Waals surface area contributed by atoms with Crippen LogP contribution < -0.4 is 10.1 Å². The second-order valence-electron chi connectivity index (χ2n) is 8.17. The number of hydrogen-bond acceptors (Lipinski definition) is 4. The number of ether oxygens (including phenoxy) is 3. The fraction of sp³-hybridized carbons (Fsp3) is 0.650. The Labute approximate surface area is 150 Å². The van der Waals surface area contributed by atoms with E-state index in [1.807, 2.05) is 32.0 Å². The Balaban J connectivity index is 1.61. The van der Waals surface area contributed by atoms with Crippen LogP contribution in [0.5, 0.6) is 5.75 Å². The van der Waals surface area contributed by atoms with Gasteiger partial charge in [-0.05, 0) is 65.2 Å².